The third kappa shape index (κ3) is 3.69. The first-order valence-electron chi connectivity index (χ1n) is 9.86. The number of hydrogen-bond acceptors (Lipinski definition) is 3. The van der Waals surface area contributed by atoms with E-state index in [0.717, 1.165) is 10.5 Å². The molecule has 0 radical (unpaired) electrons. The molecular formula is C23H22N4O3. The van der Waals surface area contributed by atoms with Crippen LogP contribution < -0.4 is 10.9 Å². The number of amides is 3. The molecule has 3 aromatic rings. The number of aromatic amines is 1. The molecule has 1 aliphatic rings. The van der Waals surface area contributed by atoms with E-state index < -0.39 is 11.9 Å². The molecule has 0 atom stereocenters. The van der Waals surface area contributed by atoms with Crippen LogP contribution >= 0.6 is 0 Å². The zero-order valence-electron chi connectivity index (χ0n) is 16.6. The quantitative estimate of drug-likeness (QED) is 0.491. The Morgan fingerprint density at radius 1 is 0.933 bits per heavy atom. The van der Waals surface area contributed by atoms with Gasteiger partial charge in [0.25, 0.3) is 11.5 Å². The Labute approximate surface area is 173 Å². The van der Waals surface area contributed by atoms with Crippen molar-refractivity contribution in [1.29, 1.82) is 0 Å². The van der Waals surface area contributed by atoms with E-state index in [1.165, 1.54) is 10.8 Å². The van der Waals surface area contributed by atoms with E-state index in [1.54, 1.807) is 0 Å². The minimum absolute atomic E-state index is 0.110. The van der Waals surface area contributed by atoms with Crippen molar-refractivity contribution >= 4 is 18.0 Å². The number of rotatable bonds is 6. The molecule has 152 valence electrons. The van der Waals surface area contributed by atoms with Crippen LogP contribution in [-0.4, -0.2) is 33.2 Å². The molecule has 0 saturated carbocycles. The minimum Gasteiger partial charge on any atom is -0.303 e. The number of carbonyl (C=O) groups is 2. The lowest BCUT2D eigenvalue weighted by Crippen LogP contribution is -2.31. The molecular weight excluding hydrogens is 380 g/mol. The second kappa shape index (κ2) is 8.24. The van der Waals surface area contributed by atoms with Crippen molar-refractivity contribution in [2.45, 2.75) is 19.8 Å². The normalized spacial score (nSPS) is 15.1. The van der Waals surface area contributed by atoms with Gasteiger partial charge in [-0.2, -0.15) is 0 Å². The van der Waals surface area contributed by atoms with Crippen molar-refractivity contribution in [2.24, 2.45) is 0 Å². The van der Waals surface area contributed by atoms with Gasteiger partial charge in [0.1, 0.15) is 5.70 Å². The Morgan fingerprint density at radius 2 is 1.60 bits per heavy atom. The highest BCUT2D eigenvalue weighted by Crippen LogP contribution is 2.18. The number of hydrogen-bond donors (Lipinski definition) is 2. The Bertz CT molecular complexity index is 1160. The maximum absolute atomic E-state index is 13.2. The van der Waals surface area contributed by atoms with Crippen LogP contribution in [0.4, 0.5) is 4.79 Å². The van der Waals surface area contributed by atoms with E-state index >= 15 is 0 Å². The Balaban J connectivity index is 1.80. The van der Waals surface area contributed by atoms with E-state index in [9.17, 15) is 14.4 Å². The number of urea groups is 1. The van der Waals surface area contributed by atoms with Gasteiger partial charge in [0.15, 0.2) is 0 Å². The van der Waals surface area contributed by atoms with Crippen LogP contribution in [0.1, 0.15) is 30.2 Å². The van der Waals surface area contributed by atoms with Crippen LogP contribution in [-0.2, 0) is 11.2 Å². The predicted molar refractivity (Wildman–Crippen MR) is 114 cm³/mol. The summed E-state index contributed by atoms with van der Waals surface area (Å²) in [6.45, 7) is 2.23. The molecule has 2 aromatic carbocycles. The molecule has 1 fully saturated rings. The van der Waals surface area contributed by atoms with Crippen molar-refractivity contribution in [1.82, 2.24) is 20.0 Å². The highest BCUT2D eigenvalue weighted by Gasteiger charge is 2.33. The summed E-state index contributed by atoms with van der Waals surface area (Å²) < 4.78 is 1.45. The summed E-state index contributed by atoms with van der Waals surface area (Å²) >= 11 is 0. The fourth-order valence-corrected chi connectivity index (χ4v) is 3.48. The van der Waals surface area contributed by atoms with Crippen LogP contribution in [0.3, 0.4) is 0 Å². The SMILES string of the molecule is CCCN1C(=O)N/C(=C\c2c(Cc3ccccc3)[nH]n(-c3ccccc3)c2=O)C1=O. The van der Waals surface area contributed by atoms with Gasteiger partial charge in [-0.05, 0) is 30.2 Å². The Morgan fingerprint density at radius 3 is 2.27 bits per heavy atom. The molecule has 7 nitrogen and oxygen atoms in total. The molecule has 0 bridgehead atoms. The number of benzene rings is 2. The number of imide groups is 1. The summed E-state index contributed by atoms with van der Waals surface area (Å²) in [6.07, 6.45) is 2.62. The van der Waals surface area contributed by atoms with Gasteiger partial charge in [-0.1, -0.05) is 55.5 Å². The molecule has 30 heavy (non-hydrogen) atoms. The van der Waals surface area contributed by atoms with Gasteiger partial charge in [-0.15, -0.1) is 0 Å². The average molecular weight is 402 g/mol. The third-order valence-electron chi connectivity index (χ3n) is 4.94. The van der Waals surface area contributed by atoms with Gasteiger partial charge >= 0.3 is 6.03 Å². The topological polar surface area (TPSA) is 87.2 Å². The first kappa shape index (κ1) is 19.4. The van der Waals surface area contributed by atoms with Crippen molar-refractivity contribution in [2.75, 3.05) is 6.54 Å². The number of nitrogens with zero attached hydrogens (tertiary/aromatic N) is 2. The van der Waals surface area contributed by atoms with Crippen LogP contribution in [0.2, 0.25) is 0 Å². The zero-order chi connectivity index (χ0) is 21.1. The van der Waals surface area contributed by atoms with Gasteiger partial charge in [0, 0.05) is 18.7 Å². The van der Waals surface area contributed by atoms with Crippen molar-refractivity contribution in [3.8, 4) is 5.69 Å². The fourth-order valence-electron chi connectivity index (χ4n) is 3.48. The highest BCUT2D eigenvalue weighted by molar-refractivity contribution is 6.14. The number of H-pyrrole nitrogens is 1. The van der Waals surface area contributed by atoms with Gasteiger partial charge in [0.2, 0.25) is 0 Å². The summed E-state index contributed by atoms with van der Waals surface area (Å²) in [5.74, 6) is -0.417. The molecule has 7 heteroatoms. The Kier molecular flexibility index (Phi) is 5.34. The van der Waals surface area contributed by atoms with Crippen LogP contribution in [0.15, 0.2) is 71.2 Å². The Hall–Kier alpha value is -3.87. The zero-order valence-corrected chi connectivity index (χ0v) is 16.6. The van der Waals surface area contributed by atoms with Gasteiger partial charge < -0.3 is 5.32 Å². The van der Waals surface area contributed by atoms with E-state index in [0.29, 0.717) is 36.3 Å². The largest absolute Gasteiger partial charge is 0.329 e. The lowest BCUT2D eigenvalue weighted by atomic mass is 10.1. The van der Waals surface area contributed by atoms with Crippen LogP contribution in [0.5, 0.6) is 0 Å². The molecule has 1 saturated heterocycles. The molecule has 0 unspecified atom stereocenters. The molecule has 1 aliphatic heterocycles. The maximum atomic E-state index is 13.2. The number of para-hydroxylation sites is 1. The second-order valence-electron chi connectivity index (χ2n) is 7.09. The van der Waals surface area contributed by atoms with Crippen molar-refractivity contribution < 1.29 is 9.59 Å². The van der Waals surface area contributed by atoms with E-state index in [1.807, 2.05) is 67.6 Å². The van der Waals surface area contributed by atoms with Gasteiger partial charge in [0.05, 0.1) is 11.3 Å². The molecule has 0 aliphatic carbocycles. The first-order valence-corrected chi connectivity index (χ1v) is 9.86. The summed E-state index contributed by atoms with van der Waals surface area (Å²) in [5.41, 5.74) is 2.56. The summed E-state index contributed by atoms with van der Waals surface area (Å²) in [5, 5.41) is 5.76. The second-order valence-corrected chi connectivity index (χ2v) is 7.09. The third-order valence-corrected chi connectivity index (χ3v) is 4.94. The average Bonchev–Trinajstić information content (AvgIpc) is 3.21. The highest BCUT2D eigenvalue weighted by atomic mass is 16.2. The minimum atomic E-state index is -0.461. The molecule has 2 heterocycles. The fraction of sp³-hybridized carbons (Fsp3) is 0.174. The maximum Gasteiger partial charge on any atom is 0.329 e. The molecule has 1 aromatic heterocycles. The lowest BCUT2D eigenvalue weighted by molar-refractivity contribution is -0.122. The molecule has 4 rings (SSSR count). The molecule has 2 N–H and O–H groups in total. The van der Waals surface area contributed by atoms with E-state index in [-0.39, 0.29) is 11.3 Å². The van der Waals surface area contributed by atoms with Crippen LogP contribution in [0, 0.1) is 0 Å². The van der Waals surface area contributed by atoms with Gasteiger partial charge in [-0.25, -0.2) is 9.48 Å². The van der Waals surface area contributed by atoms with Crippen LogP contribution in [0.25, 0.3) is 11.8 Å². The standard InChI is InChI=1S/C23H22N4O3/c1-2-13-26-22(29)20(24-23(26)30)15-18-19(14-16-9-5-3-6-10-16)25-27(21(18)28)17-11-7-4-8-12-17/h3-12,15,25H,2,13-14H2,1H3,(H,24,30)/b20-15-. The molecule has 3 amide bonds. The number of aromatic nitrogens is 2. The monoisotopic (exact) mass is 402 g/mol. The lowest BCUT2D eigenvalue weighted by Gasteiger charge is -2.08. The van der Waals surface area contributed by atoms with E-state index in [2.05, 4.69) is 10.4 Å². The number of carbonyl (C=O) groups excluding carboxylic acids is 2. The molecule has 0 spiro atoms. The van der Waals surface area contributed by atoms with Crippen molar-refractivity contribution in [3.63, 3.8) is 0 Å². The summed E-state index contributed by atoms with van der Waals surface area (Å²) in [6, 6.07) is 18.5. The van der Waals surface area contributed by atoms with E-state index in [4.69, 9.17) is 0 Å². The van der Waals surface area contributed by atoms with Crippen molar-refractivity contribution in [3.05, 3.63) is 93.5 Å². The predicted octanol–water partition coefficient (Wildman–Crippen LogP) is 3.06. The van der Waals surface area contributed by atoms with Gasteiger partial charge in [-0.3, -0.25) is 19.6 Å². The summed E-state index contributed by atoms with van der Waals surface area (Å²) in [4.78, 5) is 39.1. The first-order chi connectivity index (χ1) is 14.6. The smallest absolute Gasteiger partial charge is 0.303 e. The summed E-state index contributed by atoms with van der Waals surface area (Å²) in [7, 11) is 0. The number of nitrogens with one attached hydrogen (secondary N) is 2.